The number of hydrogen-bond acceptors (Lipinski definition) is 5. The molecule has 0 bridgehead atoms. The first-order valence-electron chi connectivity index (χ1n) is 9.00. The first kappa shape index (κ1) is 18.6. The van der Waals surface area contributed by atoms with E-state index in [-0.39, 0.29) is 17.4 Å². The molecule has 0 saturated carbocycles. The smallest absolute Gasteiger partial charge is 0.259 e. The van der Waals surface area contributed by atoms with Crippen LogP contribution in [0.15, 0.2) is 59.1 Å². The minimum atomic E-state index is -0.347. The van der Waals surface area contributed by atoms with Crippen LogP contribution in [0, 0.1) is 12.7 Å². The van der Waals surface area contributed by atoms with Crippen molar-refractivity contribution in [2.45, 2.75) is 13.5 Å². The van der Waals surface area contributed by atoms with Crippen LogP contribution in [-0.2, 0) is 6.54 Å². The summed E-state index contributed by atoms with van der Waals surface area (Å²) in [6.07, 6.45) is 0. The standard InChI is InChI=1S/C22H18FN3O3/c1-13-20-17(21(27)24-12-15-5-3-4-6-19(15)28-2)11-18(25-22(20)29-26-13)14-7-9-16(23)10-8-14/h3-11H,12H2,1-2H3,(H,24,27). The minimum absolute atomic E-state index is 0.256. The van der Waals surface area contributed by atoms with Gasteiger partial charge in [0.1, 0.15) is 11.6 Å². The van der Waals surface area contributed by atoms with Crippen molar-refractivity contribution in [3.8, 4) is 17.0 Å². The zero-order valence-electron chi connectivity index (χ0n) is 15.9. The Bertz CT molecular complexity index is 1190. The molecule has 0 unspecified atom stereocenters. The molecule has 0 aliphatic carbocycles. The van der Waals surface area contributed by atoms with Gasteiger partial charge in [0, 0.05) is 17.7 Å². The van der Waals surface area contributed by atoms with Crippen LogP contribution in [0.5, 0.6) is 5.75 Å². The van der Waals surface area contributed by atoms with Gasteiger partial charge in [0.25, 0.3) is 11.6 Å². The molecule has 2 heterocycles. The van der Waals surface area contributed by atoms with Gasteiger partial charge in [-0.2, -0.15) is 0 Å². The summed E-state index contributed by atoms with van der Waals surface area (Å²) in [6, 6.07) is 15.0. The minimum Gasteiger partial charge on any atom is -0.496 e. The van der Waals surface area contributed by atoms with E-state index in [0.29, 0.717) is 40.2 Å². The number of hydrogen-bond donors (Lipinski definition) is 1. The summed E-state index contributed by atoms with van der Waals surface area (Å²) in [5.41, 5.74) is 3.24. The summed E-state index contributed by atoms with van der Waals surface area (Å²) >= 11 is 0. The summed E-state index contributed by atoms with van der Waals surface area (Å²) < 4.78 is 23.9. The van der Waals surface area contributed by atoms with E-state index in [1.165, 1.54) is 12.1 Å². The summed E-state index contributed by atoms with van der Waals surface area (Å²) in [7, 11) is 1.59. The third-order valence-corrected chi connectivity index (χ3v) is 4.63. The van der Waals surface area contributed by atoms with Crippen LogP contribution in [0.1, 0.15) is 21.6 Å². The molecule has 29 heavy (non-hydrogen) atoms. The number of amides is 1. The van der Waals surface area contributed by atoms with Gasteiger partial charge in [-0.25, -0.2) is 9.37 Å². The summed E-state index contributed by atoms with van der Waals surface area (Å²) in [4.78, 5) is 17.4. The van der Waals surface area contributed by atoms with E-state index in [1.54, 1.807) is 32.2 Å². The number of halogens is 1. The lowest BCUT2D eigenvalue weighted by molar-refractivity contribution is 0.0952. The maximum absolute atomic E-state index is 13.3. The lowest BCUT2D eigenvalue weighted by atomic mass is 10.0. The van der Waals surface area contributed by atoms with Crippen LogP contribution < -0.4 is 10.1 Å². The number of nitrogens with zero attached hydrogens (tertiary/aromatic N) is 2. The molecule has 7 heteroatoms. The van der Waals surface area contributed by atoms with Crippen LogP contribution >= 0.6 is 0 Å². The van der Waals surface area contributed by atoms with Crippen LogP contribution in [0.4, 0.5) is 4.39 Å². The number of aryl methyl sites for hydroxylation is 1. The second-order valence-electron chi connectivity index (χ2n) is 6.50. The molecule has 0 aliphatic rings. The number of carbonyl (C=O) groups is 1. The van der Waals surface area contributed by atoms with Crippen molar-refractivity contribution in [1.82, 2.24) is 15.5 Å². The number of ether oxygens (including phenoxy) is 1. The van der Waals surface area contributed by atoms with Gasteiger partial charge in [-0.1, -0.05) is 23.4 Å². The molecule has 0 radical (unpaired) electrons. The Hall–Kier alpha value is -3.74. The Morgan fingerprint density at radius 1 is 1.17 bits per heavy atom. The van der Waals surface area contributed by atoms with E-state index in [0.717, 1.165) is 5.56 Å². The van der Waals surface area contributed by atoms with Crippen molar-refractivity contribution in [2.24, 2.45) is 0 Å². The van der Waals surface area contributed by atoms with Crippen LogP contribution in [0.25, 0.3) is 22.4 Å². The number of aromatic nitrogens is 2. The fourth-order valence-electron chi connectivity index (χ4n) is 3.16. The average Bonchev–Trinajstić information content (AvgIpc) is 3.13. The Morgan fingerprint density at radius 2 is 1.93 bits per heavy atom. The number of carbonyl (C=O) groups excluding carboxylic acids is 1. The van der Waals surface area contributed by atoms with Gasteiger partial charge in [-0.15, -0.1) is 0 Å². The highest BCUT2D eigenvalue weighted by Crippen LogP contribution is 2.27. The van der Waals surface area contributed by atoms with E-state index in [4.69, 9.17) is 9.26 Å². The van der Waals surface area contributed by atoms with Crippen molar-refractivity contribution in [1.29, 1.82) is 0 Å². The van der Waals surface area contributed by atoms with E-state index >= 15 is 0 Å². The van der Waals surface area contributed by atoms with Gasteiger partial charge in [-0.3, -0.25) is 4.79 Å². The van der Waals surface area contributed by atoms with Gasteiger partial charge >= 0.3 is 0 Å². The molecule has 0 saturated heterocycles. The van der Waals surface area contributed by atoms with Crippen molar-refractivity contribution in [3.63, 3.8) is 0 Å². The second kappa shape index (κ2) is 7.71. The van der Waals surface area contributed by atoms with Gasteiger partial charge in [0.05, 0.1) is 29.4 Å². The third kappa shape index (κ3) is 3.67. The lowest BCUT2D eigenvalue weighted by Gasteiger charge is -2.11. The Morgan fingerprint density at radius 3 is 2.69 bits per heavy atom. The molecular formula is C22H18FN3O3. The van der Waals surface area contributed by atoms with E-state index < -0.39 is 0 Å². The predicted molar refractivity (Wildman–Crippen MR) is 106 cm³/mol. The third-order valence-electron chi connectivity index (χ3n) is 4.63. The molecule has 4 rings (SSSR count). The molecule has 146 valence electrons. The summed E-state index contributed by atoms with van der Waals surface area (Å²) in [5, 5.41) is 7.40. The monoisotopic (exact) mass is 391 g/mol. The van der Waals surface area contributed by atoms with Crippen molar-refractivity contribution in [3.05, 3.63) is 77.2 Å². The highest BCUT2D eigenvalue weighted by atomic mass is 19.1. The van der Waals surface area contributed by atoms with E-state index in [9.17, 15) is 9.18 Å². The summed E-state index contributed by atoms with van der Waals surface area (Å²) in [5.74, 6) is 0.0546. The fraction of sp³-hybridized carbons (Fsp3) is 0.136. The largest absolute Gasteiger partial charge is 0.496 e. The molecule has 2 aromatic carbocycles. The summed E-state index contributed by atoms with van der Waals surface area (Å²) in [6.45, 7) is 2.05. The SMILES string of the molecule is COc1ccccc1CNC(=O)c1cc(-c2ccc(F)cc2)nc2onc(C)c12. The number of nitrogens with one attached hydrogen (secondary N) is 1. The second-order valence-corrected chi connectivity index (χ2v) is 6.50. The Labute approximate surface area is 166 Å². The Kier molecular flexibility index (Phi) is 4.95. The van der Waals surface area contributed by atoms with Crippen molar-refractivity contribution >= 4 is 17.0 Å². The van der Waals surface area contributed by atoms with Gasteiger partial charge in [0.15, 0.2) is 0 Å². The van der Waals surface area contributed by atoms with Gasteiger partial charge in [0.2, 0.25) is 0 Å². The molecule has 0 aliphatic heterocycles. The number of rotatable bonds is 5. The average molecular weight is 391 g/mol. The number of benzene rings is 2. The maximum Gasteiger partial charge on any atom is 0.259 e. The molecule has 2 aromatic heterocycles. The van der Waals surface area contributed by atoms with E-state index in [1.807, 2.05) is 24.3 Å². The molecule has 1 amide bonds. The highest BCUT2D eigenvalue weighted by Gasteiger charge is 2.19. The van der Waals surface area contributed by atoms with E-state index in [2.05, 4.69) is 15.5 Å². The Balaban J connectivity index is 1.70. The molecule has 0 fully saturated rings. The number of pyridine rings is 1. The van der Waals surface area contributed by atoms with Crippen molar-refractivity contribution in [2.75, 3.05) is 7.11 Å². The predicted octanol–water partition coefficient (Wildman–Crippen LogP) is 4.28. The van der Waals surface area contributed by atoms with Crippen molar-refractivity contribution < 1.29 is 18.4 Å². The zero-order chi connectivity index (χ0) is 20.4. The number of para-hydroxylation sites is 1. The highest BCUT2D eigenvalue weighted by molar-refractivity contribution is 6.07. The zero-order valence-corrected chi connectivity index (χ0v) is 15.9. The number of fused-ring (bicyclic) bond motifs is 1. The fourth-order valence-corrected chi connectivity index (χ4v) is 3.16. The van der Waals surface area contributed by atoms with Crippen LogP contribution in [0.2, 0.25) is 0 Å². The van der Waals surface area contributed by atoms with Crippen LogP contribution in [0.3, 0.4) is 0 Å². The molecule has 6 nitrogen and oxygen atoms in total. The lowest BCUT2D eigenvalue weighted by Crippen LogP contribution is -2.23. The first-order chi connectivity index (χ1) is 14.1. The normalized spacial score (nSPS) is 10.9. The molecule has 1 N–H and O–H groups in total. The molecule has 0 spiro atoms. The first-order valence-corrected chi connectivity index (χ1v) is 9.00. The maximum atomic E-state index is 13.3. The molecule has 0 atom stereocenters. The van der Waals surface area contributed by atoms with Gasteiger partial charge < -0.3 is 14.6 Å². The van der Waals surface area contributed by atoms with Crippen LogP contribution in [-0.4, -0.2) is 23.2 Å². The molecule has 4 aromatic rings. The quantitative estimate of drug-likeness (QED) is 0.550. The topological polar surface area (TPSA) is 77.2 Å². The molecular weight excluding hydrogens is 373 g/mol. The van der Waals surface area contributed by atoms with Gasteiger partial charge in [-0.05, 0) is 43.3 Å². The number of methoxy groups -OCH3 is 1.